The first-order valence-corrected chi connectivity index (χ1v) is 13.8. The van der Waals surface area contributed by atoms with Crippen LogP contribution < -0.4 is 0 Å². The Morgan fingerprint density at radius 2 is 1.84 bits per heavy atom. The summed E-state index contributed by atoms with van der Waals surface area (Å²) in [5.41, 5.74) is 3.63. The van der Waals surface area contributed by atoms with E-state index in [1.807, 2.05) is 43.3 Å². The fourth-order valence-corrected chi connectivity index (χ4v) is 4.55. The Labute approximate surface area is 187 Å². The molecule has 3 rings (SSSR count). The molecule has 0 aliphatic carbocycles. The first kappa shape index (κ1) is 23.4. The van der Waals surface area contributed by atoms with Gasteiger partial charge in [0.1, 0.15) is 12.4 Å². The molecular weight excluding hydrogens is 406 g/mol. The first-order chi connectivity index (χ1) is 14.5. The van der Waals surface area contributed by atoms with Gasteiger partial charge in [0.15, 0.2) is 8.32 Å². The number of benzene rings is 2. The number of carbonyl (C=O) groups is 1. The normalized spacial score (nSPS) is 16.7. The molecule has 6 heteroatoms. The van der Waals surface area contributed by atoms with Gasteiger partial charge in [0.25, 0.3) is 0 Å². The van der Waals surface area contributed by atoms with Crippen LogP contribution in [0.15, 0.2) is 42.5 Å². The zero-order chi connectivity index (χ0) is 22.8. The standard InChI is InChI=1S/C25H35NO4Si/c1-18-12-13-20-14-21(17-30-31(5,6)25(2,3)4)26(15-22(20)23(18)27)24(28)29-16-19-10-8-7-9-11-19/h7-13,21,27H,14-17H2,1-6H3/t21-/m1/s1. The number of hydrogen-bond donors (Lipinski definition) is 1. The Morgan fingerprint density at radius 1 is 1.16 bits per heavy atom. The lowest BCUT2D eigenvalue weighted by molar-refractivity contribution is 0.0575. The zero-order valence-corrected chi connectivity index (χ0v) is 20.6. The number of rotatable bonds is 5. The van der Waals surface area contributed by atoms with Crippen LogP contribution in [0.2, 0.25) is 18.1 Å². The summed E-state index contributed by atoms with van der Waals surface area (Å²) in [7, 11) is -1.96. The number of nitrogens with zero attached hydrogens (tertiary/aromatic N) is 1. The molecule has 2 aromatic carbocycles. The molecule has 1 aliphatic rings. The lowest BCUT2D eigenvalue weighted by Crippen LogP contribution is -2.50. The quantitative estimate of drug-likeness (QED) is 0.597. The number of phenols is 1. The molecule has 5 nitrogen and oxygen atoms in total. The molecule has 0 radical (unpaired) electrons. The Hall–Kier alpha value is -2.31. The van der Waals surface area contributed by atoms with Crippen molar-refractivity contribution < 1.29 is 19.1 Å². The number of amides is 1. The molecule has 1 atom stereocenters. The van der Waals surface area contributed by atoms with E-state index < -0.39 is 8.32 Å². The van der Waals surface area contributed by atoms with Gasteiger partial charge in [-0.25, -0.2) is 4.79 Å². The average molecular weight is 442 g/mol. The van der Waals surface area contributed by atoms with Crippen LogP contribution in [-0.4, -0.2) is 37.1 Å². The van der Waals surface area contributed by atoms with E-state index in [9.17, 15) is 9.90 Å². The van der Waals surface area contributed by atoms with Crippen LogP contribution in [-0.2, 0) is 28.7 Å². The fourth-order valence-electron chi connectivity index (χ4n) is 3.51. The van der Waals surface area contributed by atoms with Crippen LogP contribution in [0.3, 0.4) is 0 Å². The molecule has 1 aliphatic heterocycles. The number of hydrogen-bond acceptors (Lipinski definition) is 4. The van der Waals surface area contributed by atoms with Crippen molar-refractivity contribution in [1.29, 1.82) is 0 Å². The molecule has 1 N–H and O–H groups in total. The molecule has 1 heterocycles. The highest BCUT2D eigenvalue weighted by Gasteiger charge is 2.40. The van der Waals surface area contributed by atoms with Crippen LogP contribution in [0.25, 0.3) is 0 Å². The Bertz CT molecular complexity index is 921. The van der Waals surface area contributed by atoms with Gasteiger partial charge in [0.05, 0.1) is 19.2 Å². The molecule has 31 heavy (non-hydrogen) atoms. The number of phenolic OH excluding ortho intramolecular Hbond substituents is 1. The molecule has 1 amide bonds. The molecule has 0 unspecified atom stereocenters. The van der Waals surface area contributed by atoms with Crippen molar-refractivity contribution in [2.24, 2.45) is 0 Å². The van der Waals surface area contributed by atoms with E-state index in [4.69, 9.17) is 9.16 Å². The number of aromatic hydroxyl groups is 1. The van der Waals surface area contributed by atoms with Gasteiger partial charge in [-0.1, -0.05) is 63.2 Å². The number of aryl methyl sites for hydroxylation is 1. The number of ether oxygens (including phenoxy) is 1. The van der Waals surface area contributed by atoms with Crippen LogP contribution in [0.1, 0.15) is 43.0 Å². The van der Waals surface area contributed by atoms with Crippen LogP contribution >= 0.6 is 0 Å². The zero-order valence-electron chi connectivity index (χ0n) is 19.6. The molecular formula is C25H35NO4Si. The Kier molecular flexibility index (Phi) is 6.81. The summed E-state index contributed by atoms with van der Waals surface area (Å²) in [5, 5.41) is 10.7. The van der Waals surface area contributed by atoms with E-state index in [1.165, 1.54) is 0 Å². The van der Waals surface area contributed by atoms with Crippen molar-refractivity contribution in [3.8, 4) is 5.75 Å². The molecule has 0 saturated carbocycles. The lowest BCUT2D eigenvalue weighted by Gasteiger charge is -2.41. The minimum atomic E-state index is -1.96. The van der Waals surface area contributed by atoms with Gasteiger partial charge in [-0.05, 0) is 48.2 Å². The smallest absolute Gasteiger partial charge is 0.410 e. The van der Waals surface area contributed by atoms with Gasteiger partial charge >= 0.3 is 6.09 Å². The minimum Gasteiger partial charge on any atom is -0.507 e. The summed E-state index contributed by atoms with van der Waals surface area (Å²) in [6.45, 7) is 14.0. The van der Waals surface area contributed by atoms with Gasteiger partial charge in [-0.2, -0.15) is 0 Å². The van der Waals surface area contributed by atoms with Gasteiger partial charge in [0, 0.05) is 5.56 Å². The first-order valence-electron chi connectivity index (χ1n) is 10.9. The van der Waals surface area contributed by atoms with Gasteiger partial charge < -0.3 is 14.3 Å². The van der Waals surface area contributed by atoms with E-state index in [0.29, 0.717) is 19.6 Å². The number of fused-ring (bicyclic) bond motifs is 1. The third-order valence-corrected chi connectivity index (χ3v) is 11.2. The van der Waals surface area contributed by atoms with Crippen molar-refractivity contribution in [2.75, 3.05) is 6.61 Å². The Morgan fingerprint density at radius 3 is 2.48 bits per heavy atom. The van der Waals surface area contributed by atoms with E-state index in [2.05, 4.69) is 39.9 Å². The predicted molar refractivity (Wildman–Crippen MR) is 126 cm³/mol. The van der Waals surface area contributed by atoms with Gasteiger partial charge in [-0.3, -0.25) is 4.90 Å². The molecule has 168 valence electrons. The topological polar surface area (TPSA) is 59.0 Å². The molecule has 2 aromatic rings. The summed E-state index contributed by atoms with van der Waals surface area (Å²) in [4.78, 5) is 14.8. The monoisotopic (exact) mass is 441 g/mol. The van der Waals surface area contributed by atoms with E-state index in [1.54, 1.807) is 4.90 Å². The molecule has 0 spiro atoms. The summed E-state index contributed by atoms with van der Waals surface area (Å²) in [6, 6.07) is 13.5. The number of carbonyl (C=O) groups excluding carboxylic acids is 1. The maximum Gasteiger partial charge on any atom is 0.410 e. The van der Waals surface area contributed by atoms with Crippen molar-refractivity contribution in [1.82, 2.24) is 4.90 Å². The summed E-state index contributed by atoms with van der Waals surface area (Å²) in [6.07, 6.45) is 0.261. The third-order valence-electron chi connectivity index (χ3n) is 6.69. The second-order valence-electron chi connectivity index (χ2n) is 9.97. The second-order valence-corrected chi connectivity index (χ2v) is 14.8. The van der Waals surface area contributed by atoms with E-state index in [0.717, 1.165) is 22.3 Å². The van der Waals surface area contributed by atoms with Crippen LogP contribution in [0, 0.1) is 6.92 Å². The predicted octanol–water partition coefficient (Wildman–Crippen LogP) is 5.79. The lowest BCUT2D eigenvalue weighted by atomic mass is 9.92. The third kappa shape index (κ3) is 5.30. The van der Waals surface area contributed by atoms with E-state index >= 15 is 0 Å². The van der Waals surface area contributed by atoms with Crippen molar-refractivity contribution in [2.45, 2.75) is 71.4 Å². The van der Waals surface area contributed by atoms with Crippen LogP contribution in [0.5, 0.6) is 5.75 Å². The summed E-state index contributed by atoms with van der Waals surface area (Å²) >= 11 is 0. The van der Waals surface area contributed by atoms with Crippen molar-refractivity contribution >= 4 is 14.4 Å². The molecule has 0 fully saturated rings. The van der Waals surface area contributed by atoms with Gasteiger partial charge in [-0.15, -0.1) is 0 Å². The molecule has 0 saturated heterocycles. The van der Waals surface area contributed by atoms with E-state index in [-0.39, 0.29) is 29.5 Å². The largest absolute Gasteiger partial charge is 0.507 e. The maximum atomic E-state index is 13.1. The summed E-state index contributed by atoms with van der Waals surface area (Å²) < 4.78 is 12.1. The summed E-state index contributed by atoms with van der Waals surface area (Å²) in [5.74, 6) is 0.266. The SMILES string of the molecule is Cc1ccc2c(c1O)CN(C(=O)OCc1ccccc1)[C@@H](CO[Si](C)(C)C(C)(C)C)C2. The highest BCUT2D eigenvalue weighted by atomic mass is 28.4. The van der Waals surface area contributed by atoms with Crippen molar-refractivity contribution in [3.63, 3.8) is 0 Å². The highest BCUT2D eigenvalue weighted by molar-refractivity contribution is 6.74. The van der Waals surface area contributed by atoms with Crippen LogP contribution in [0.4, 0.5) is 4.79 Å². The minimum absolute atomic E-state index is 0.0909. The molecule has 0 aromatic heterocycles. The second kappa shape index (κ2) is 9.05. The molecule has 0 bridgehead atoms. The maximum absolute atomic E-state index is 13.1. The fraction of sp³-hybridized carbons (Fsp3) is 0.480. The average Bonchev–Trinajstić information content (AvgIpc) is 2.72. The highest BCUT2D eigenvalue weighted by Crippen LogP contribution is 2.38. The van der Waals surface area contributed by atoms with Crippen molar-refractivity contribution in [3.05, 3.63) is 64.7 Å². The van der Waals surface area contributed by atoms with Gasteiger partial charge in [0.2, 0.25) is 0 Å². The Balaban J connectivity index is 1.81.